The molecule has 246 valence electrons. The second kappa shape index (κ2) is 15.0. The molecule has 8 nitrogen and oxygen atoms in total. The molecule has 2 aliphatic heterocycles. The van der Waals surface area contributed by atoms with Crippen molar-refractivity contribution < 1.29 is 14.4 Å². The Kier molecular flexibility index (Phi) is 12.2. The number of amides is 3. The minimum absolute atomic E-state index is 0.0684. The number of likely N-dealkylation sites (tertiary alicyclic amines) is 2. The molecule has 3 rings (SSSR count). The number of nitrogens with zero attached hydrogens (tertiary/aromatic N) is 3. The molecule has 2 unspecified atom stereocenters. The van der Waals surface area contributed by atoms with Gasteiger partial charge >= 0.3 is 0 Å². The summed E-state index contributed by atoms with van der Waals surface area (Å²) in [5.41, 5.74) is 0.661. The average Bonchev–Trinajstić information content (AvgIpc) is 3.66. The predicted molar refractivity (Wildman–Crippen MR) is 179 cm³/mol. The van der Waals surface area contributed by atoms with Crippen molar-refractivity contribution in [2.24, 2.45) is 11.3 Å². The summed E-state index contributed by atoms with van der Waals surface area (Å²) in [5, 5.41) is 6.33. The lowest BCUT2D eigenvalue weighted by molar-refractivity contribution is -0.141. The monoisotopic (exact) mass is 609 g/mol. The molecular formula is C36H59N5O3. The average molecular weight is 610 g/mol. The van der Waals surface area contributed by atoms with E-state index in [1.807, 2.05) is 82.9 Å². The molecule has 0 spiro atoms. The molecule has 1 aromatic carbocycles. The highest BCUT2D eigenvalue weighted by Crippen LogP contribution is 2.29. The number of rotatable bonds is 12. The van der Waals surface area contributed by atoms with Crippen LogP contribution in [0, 0.1) is 11.3 Å². The second-order valence-electron chi connectivity index (χ2n) is 15.0. The maximum Gasteiger partial charge on any atom is 0.249 e. The van der Waals surface area contributed by atoms with Gasteiger partial charge in [0.1, 0.15) is 6.04 Å². The van der Waals surface area contributed by atoms with Crippen LogP contribution in [0.4, 0.5) is 0 Å². The standard InChI is InChI=1S/C36H59N5O3/c1-25(2)29(23-26(3)33(43)41-22-16-19-28(41)24-40-20-14-15-21-40)39(10)34(44)31(35(4,5)6)38-32(42)30(37-9)36(7,8)27-17-12-11-13-18-27/h11-13,17-18,23,25,28-31,37H,14-16,19-22,24H2,1-10H3,(H,38,42)/b26-23+/t28-,29?,30+,31?/m0/s1. The number of carbonyl (C=O) groups excluding carboxylic acids is 3. The van der Waals surface area contributed by atoms with Crippen molar-refractivity contribution in [3.05, 3.63) is 47.5 Å². The normalized spacial score (nSPS) is 20.5. The highest BCUT2D eigenvalue weighted by atomic mass is 16.2. The zero-order chi connectivity index (χ0) is 32.8. The Hall–Kier alpha value is -2.71. The molecule has 8 heteroatoms. The van der Waals surface area contributed by atoms with E-state index < -0.39 is 22.9 Å². The predicted octanol–water partition coefficient (Wildman–Crippen LogP) is 4.60. The van der Waals surface area contributed by atoms with Gasteiger partial charge in [0.25, 0.3) is 0 Å². The molecule has 0 aromatic heterocycles. The van der Waals surface area contributed by atoms with Crippen LogP contribution in [-0.4, -0.2) is 96.9 Å². The second-order valence-corrected chi connectivity index (χ2v) is 15.0. The molecule has 4 atom stereocenters. The van der Waals surface area contributed by atoms with Crippen LogP contribution in [0.15, 0.2) is 42.0 Å². The van der Waals surface area contributed by atoms with Crippen LogP contribution >= 0.6 is 0 Å². The van der Waals surface area contributed by atoms with Crippen molar-refractivity contribution in [2.45, 2.75) is 111 Å². The zero-order valence-electron chi connectivity index (χ0n) is 29.1. The summed E-state index contributed by atoms with van der Waals surface area (Å²) < 4.78 is 0. The summed E-state index contributed by atoms with van der Waals surface area (Å²) in [6.07, 6.45) is 6.53. The van der Waals surface area contributed by atoms with Crippen LogP contribution < -0.4 is 10.6 Å². The lowest BCUT2D eigenvalue weighted by Gasteiger charge is -2.40. The summed E-state index contributed by atoms with van der Waals surface area (Å²) in [6, 6.07) is 8.61. The summed E-state index contributed by atoms with van der Waals surface area (Å²) in [4.78, 5) is 48.0. The van der Waals surface area contributed by atoms with Crippen molar-refractivity contribution in [3.8, 4) is 0 Å². The number of benzene rings is 1. The minimum atomic E-state index is -0.753. The first-order valence-corrected chi connectivity index (χ1v) is 16.6. The van der Waals surface area contributed by atoms with Crippen LogP contribution in [-0.2, 0) is 19.8 Å². The molecule has 2 saturated heterocycles. The quantitative estimate of drug-likeness (QED) is 0.339. The number of hydrogen-bond donors (Lipinski definition) is 2. The Bertz CT molecular complexity index is 1150. The van der Waals surface area contributed by atoms with E-state index in [1.54, 1.807) is 19.0 Å². The molecule has 2 heterocycles. The molecule has 44 heavy (non-hydrogen) atoms. The summed E-state index contributed by atoms with van der Waals surface area (Å²) in [7, 11) is 3.58. The molecule has 0 saturated carbocycles. The summed E-state index contributed by atoms with van der Waals surface area (Å²) in [5.74, 6) is -0.242. The molecule has 3 amide bonds. The minimum Gasteiger partial charge on any atom is -0.342 e. The number of likely N-dealkylation sites (N-methyl/N-ethyl adjacent to an activating group) is 2. The van der Waals surface area contributed by atoms with Gasteiger partial charge in [0, 0.05) is 37.2 Å². The third kappa shape index (κ3) is 8.51. The number of hydrogen-bond acceptors (Lipinski definition) is 5. The van der Waals surface area contributed by atoms with E-state index in [0.717, 1.165) is 44.6 Å². The van der Waals surface area contributed by atoms with Crippen LogP contribution in [0.2, 0.25) is 0 Å². The van der Waals surface area contributed by atoms with Gasteiger partial charge in [-0.1, -0.05) is 84.9 Å². The molecule has 2 fully saturated rings. The maximum atomic E-state index is 14.2. The fourth-order valence-electron chi connectivity index (χ4n) is 6.94. The fraction of sp³-hybridized carbons (Fsp3) is 0.694. The van der Waals surface area contributed by atoms with Gasteiger partial charge in [-0.25, -0.2) is 0 Å². The number of carbonyl (C=O) groups is 3. The highest BCUT2D eigenvalue weighted by molar-refractivity contribution is 5.94. The zero-order valence-corrected chi connectivity index (χ0v) is 29.1. The van der Waals surface area contributed by atoms with Gasteiger partial charge in [-0.15, -0.1) is 0 Å². The van der Waals surface area contributed by atoms with E-state index in [1.165, 1.54) is 12.8 Å². The largest absolute Gasteiger partial charge is 0.342 e. The molecule has 0 radical (unpaired) electrons. The molecule has 0 aliphatic carbocycles. The molecule has 1 aromatic rings. The Morgan fingerprint density at radius 2 is 1.59 bits per heavy atom. The first kappa shape index (κ1) is 35.8. The molecule has 2 aliphatic rings. The molecule has 2 N–H and O–H groups in total. The van der Waals surface area contributed by atoms with E-state index >= 15 is 0 Å². The van der Waals surface area contributed by atoms with Crippen LogP contribution in [0.1, 0.15) is 86.6 Å². The first-order chi connectivity index (χ1) is 20.6. The maximum absolute atomic E-state index is 14.2. The summed E-state index contributed by atoms with van der Waals surface area (Å²) in [6.45, 7) is 20.0. The SMILES string of the molecule is CN[C@H](C(=O)NC(C(=O)N(C)C(/C=C(\C)C(=O)N1CCC[C@H]1CN1CCCC1)C(C)C)C(C)(C)C)C(C)(C)c1ccccc1. The van der Waals surface area contributed by atoms with E-state index in [-0.39, 0.29) is 35.7 Å². The van der Waals surface area contributed by atoms with Gasteiger partial charge in [0.05, 0.1) is 12.1 Å². The Morgan fingerprint density at radius 1 is 0.977 bits per heavy atom. The van der Waals surface area contributed by atoms with Crippen LogP contribution in [0.25, 0.3) is 0 Å². The third-order valence-corrected chi connectivity index (χ3v) is 9.73. The van der Waals surface area contributed by atoms with Gasteiger partial charge in [-0.3, -0.25) is 14.4 Å². The van der Waals surface area contributed by atoms with Crippen molar-refractivity contribution in [3.63, 3.8) is 0 Å². The van der Waals surface area contributed by atoms with Gasteiger partial charge in [-0.2, -0.15) is 0 Å². The van der Waals surface area contributed by atoms with Gasteiger partial charge in [-0.05, 0) is 69.6 Å². The lowest BCUT2D eigenvalue weighted by atomic mass is 9.76. The summed E-state index contributed by atoms with van der Waals surface area (Å²) >= 11 is 0. The van der Waals surface area contributed by atoms with Gasteiger partial charge in [0.15, 0.2) is 0 Å². The van der Waals surface area contributed by atoms with E-state index in [9.17, 15) is 14.4 Å². The highest BCUT2D eigenvalue weighted by Gasteiger charge is 2.42. The van der Waals surface area contributed by atoms with Crippen LogP contribution in [0.5, 0.6) is 0 Å². The van der Waals surface area contributed by atoms with Gasteiger partial charge < -0.3 is 25.3 Å². The van der Waals surface area contributed by atoms with Crippen LogP contribution in [0.3, 0.4) is 0 Å². The van der Waals surface area contributed by atoms with E-state index in [0.29, 0.717) is 5.57 Å². The van der Waals surface area contributed by atoms with E-state index in [2.05, 4.69) is 29.4 Å². The lowest BCUT2D eigenvalue weighted by Crippen LogP contribution is -2.61. The third-order valence-electron chi connectivity index (χ3n) is 9.73. The first-order valence-electron chi connectivity index (χ1n) is 16.6. The molecule has 0 bridgehead atoms. The van der Waals surface area contributed by atoms with E-state index in [4.69, 9.17) is 0 Å². The smallest absolute Gasteiger partial charge is 0.249 e. The fourth-order valence-corrected chi connectivity index (χ4v) is 6.94. The van der Waals surface area contributed by atoms with Crippen molar-refractivity contribution in [2.75, 3.05) is 40.3 Å². The van der Waals surface area contributed by atoms with Gasteiger partial charge in [0.2, 0.25) is 17.7 Å². The Balaban J connectivity index is 1.79. The Morgan fingerprint density at radius 3 is 2.14 bits per heavy atom. The number of nitrogens with one attached hydrogen (secondary N) is 2. The molecular weight excluding hydrogens is 550 g/mol. The van der Waals surface area contributed by atoms with Crippen molar-refractivity contribution >= 4 is 17.7 Å². The Labute approximate surface area is 267 Å². The van der Waals surface area contributed by atoms with Crippen molar-refractivity contribution in [1.29, 1.82) is 0 Å². The topological polar surface area (TPSA) is 85.0 Å². The van der Waals surface area contributed by atoms with Crippen molar-refractivity contribution in [1.82, 2.24) is 25.3 Å².